The fourth-order valence-corrected chi connectivity index (χ4v) is 2.27. The van der Waals surface area contributed by atoms with Gasteiger partial charge in [0.05, 0.1) is 10.7 Å². The molecule has 0 aromatic carbocycles. The van der Waals surface area contributed by atoms with Gasteiger partial charge in [0.25, 0.3) is 0 Å². The maximum atomic E-state index is 6.16. The summed E-state index contributed by atoms with van der Waals surface area (Å²) >= 11 is 6.16. The third-order valence-corrected chi connectivity index (χ3v) is 3.40. The van der Waals surface area contributed by atoms with Gasteiger partial charge in [0, 0.05) is 19.6 Å². The number of nitrogens with one attached hydrogen (secondary N) is 1. The number of nitrogens with zero attached hydrogens (tertiary/aromatic N) is 2. The molecule has 0 amide bonds. The van der Waals surface area contributed by atoms with E-state index in [9.17, 15) is 0 Å². The first kappa shape index (κ1) is 12.7. The van der Waals surface area contributed by atoms with Crippen molar-refractivity contribution < 1.29 is 0 Å². The minimum Gasteiger partial charge on any atom is -0.357 e. The summed E-state index contributed by atoms with van der Waals surface area (Å²) in [4.78, 5) is 6.99. The van der Waals surface area contributed by atoms with E-state index in [-0.39, 0.29) is 0 Å². The zero-order valence-corrected chi connectivity index (χ0v) is 11.1. The monoisotopic (exact) mass is 253 g/mol. The molecule has 0 aliphatic carbocycles. The summed E-state index contributed by atoms with van der Waals surface area (Å²) in [6.45, 7) is 6.16. The average molecular weight is 254 g/mol. The Hall–Kier alpha value is -0.800. The van der Waals surface area contributed by atoms with Crippen molar-refractivity contribution in [2.45, 2.75) is 32.7 Å². The lowest BCUT2D eigenvalue weighted by Crippen LogP contribution is -2.21. The van der Waals surface area contributed by atoms with Gasteiger partial charge in [-0.3, -0.25) is 0 Å². The first-order valence-corrected chi connectivity index (χ1v) is 6.80. The van der Waals surface area contributed by atoms with Gasteiger partial charge in [-0.2, -0.15) is 0 Å². The molecule has 0 saturated carbocycles. The smallest absolute Gasteiger partial charge is 0.128 e. The number of pyridine rings is 1. The van der Waals surface area contributed by atoms with Crippen LogP contribution >= 0.6 is 11.6 Å². The van der Waals surface area contributed by atoms with Crippen LogP contribution in [0.2, 0.25) is 5.02 Å². The van der Waals surface area contributed by atoms with E-state index in [1.165, 1.54) is 12.8 Å². The summed E-state index contributed by atoms with van der Waals surface area (Å²) in [6.07, 6.45) is 3.67. The van der Waals surface area contributed by atoms with Crippen molar-refractivity contribution >= 4 is 17.4 Å². The van der Waals surface area contributed by atoms with Crippen molar-refractivity contribution in [1.29, 1.82) is 0 Å². The minimum atomic E-state index is 0.758. The summed E-state index contributed by atoms with van der Waals surface area (Å²) in [5.41, 5.74) is 0.963. The number of hydrogen-bond acceptors (Lipinski definition) is 3. The second-order valence-corrected chi connectivity index (χ2v) is 4.88. The average Bonchev–Trinajstić information content (AvgIpc) is 2.85. The van der Waals surface area contributed by atoms with Crippen molar-refractivity contribution in [3.05, 3.63) is 22.8 Å². The Morgan fingerprint density at radius 1 is 1.35 bits per heavy atom. The molecule has 0 bridgehead atoms. The summed E-state index contributed by atoms with van der Waals surface area (Å²) in [5.74, 6) is 1.07. The Morgan fingerprint density at radius 3 is 2.82 bits per heavy atom. The van der Waals surface area contributed by atoms with Crippen molar-refractivity contribution in [3.8, 4) is 0 Å². The van der Waals surface area contributed by atoms with Gasteiger partial charge in [-0.25, -0.2) is 4.98 Å². The molecule has 0 spiro atoms. The lowest BCUT2D eigenvalue weighted by molar-refractivity contribution is 0.663. The van der Waals surface area contributed by atoms with Crippen LogP contribution in [0.4, 0.5) is 5.82 Å². The maximum Gasteiger partial charge on any atom is 0.128 e. The van der Waals surface area contributed by atoms with Crippen molar-refractivity contribution in [3.63, 3.8) is 0 Å². The molecule has 0 unspecified atom stereocenters. The van der Waals surface area contributed by atoms with Crippen molar-refractivity contribution in [2.75, 3.05) is 24.5 Å². The normalized spacial score (nSPS) is 15.5. The van der Waals surface area contributed by atoms with Crippen LogP contribution in [0.15, 0.2) is 12.1 Å². The van der Waals surface area contributed by atoms with Crippen LogP contribution < -0.4 is 10.2 Å². The molecule has 1 saturated heterocycles. The van der Waals surface area contributed by atoms with Gasteiger partial charge in [0.15, 0.2) is 0 Å². The standard InChI is InChI=1S/C13H20ClN3/c1-2-7-15-10-12-11(14)5-6-13(16-12)17-8-3-4-9-17/h5-6,15H,2-4,7-10H2,1H3. The lowest BCUT2D eigenvalue weighted by Gasteiger charge is -2.17. The molecule has 1 N–H and O–H groups in total. The molecule has 4 heteroatoms. The molecule has 2 heterocycles. The Morgan fingerprint density at radius 2 is 2.12 bits per heavy atom. The lowest BCUT2D eigenvalue weighted by atomic mass is 10.3. The predicted octanol–water partition coefficient (Wildman–Crippen LogP) is 2.83. The molecule has 94 valence electrons. The fourth-order valence-electron chi connectivity index (χ4n) is 2.10. The van der Waals surface area contributed by atoms with E-state index in [1.807, 2.05) is 12.1 Å². The zero-order chi connectivity index (χ0) is 12.1. The van der Waals surface area contributed by atoms with Crippen LogP contribution in [-0.4, -0.2) is 24.6 Å². The van der Waals surface area contributed by atoms with E-state index < -0.39 is 0 Å². The van der Waals surface area contributed by atoms with Crippen LogP contribution in [0.5, 0.6) is 0 Å². The SMILES string of the molecule is CCCNCc1nc(N2CCCC2)ccc1Cl. The van der Waals surface area contributed by atoms with E-state index in [1.54, 1.807) is 0 Å². The molecule has 1 aromatic heterocycles. The molecule has 1 fully saturated rings. The summed E-state index contributed by atoms with van der Waals surface area (Å²) in [5, 5.41) is 4.11. The molecule has 2 rings (SSSR count). The minimum absolute atomic E-state index is 0.758. The number of anilines is 1. The van der Waals surface area contributed by atoms with Gasteiger partial charge in [-0.15, -0.1) is 0 Å². The molecule has 1 aliphatic heterocycles. The largest absolute Gasteiger partial charge is 0.357 e. The number of halogens is 1. The van der Waals surface area contributed by atoms with Gasteiger partial charge in [0.2, 0.25) is 0 Å². The Kier molecular flexibility index (Phi) is 4.63. The highest BCUT2D eigenvalue weighted by Gasteiger charge is 2.14. The van der Waals surface area contributed by atoms with Crippen LogP contribution in [0.3, 0.4) is 0 Å². The topological polar surface area (TPSA) is 28.2 Å². The number of hydrogen-bond donors (Lipinski definition) is 1. The highest BCUT2D eigenvalue weighted by molar-refractivity contribution is 6.31. The zero-order valence-electron chi connectivity index (χ0n) is 10.4. The molecular weight excluding hydrogens is 234 g/mol. The Labute approximate surface area is 108 Å². The second-order valence-electron chi connectivity index (χ2n) is 4.47. The third-order valence-electron chi connectivity index (χ3n) is 3.05. The van der Waals surface area contributed by atoms with E-state index in [0.29, 0.717) is 0 Å². The van der Waals surface area contributed by atoms with Gasteiger partial charge >= 0.3 is 0 Å². The van der Waals surface area contributed by atoms with Crippen molar-refractivity contribution in [1.82, 2.24) is 10.3 Å². The quantitative estimate of drug-likeness (QED) is 0.818. The highest BCUT2D eigenvalue weighted by atomic mass is 35.5. The van der Waals surface area contributed by atoms with E-state index in [4.69, 9.17) is 11.6 Å². The molecular formula is C13H20ClN3. The molecule has 0 atom stereocenters. The Bertz CT molecular complexity index is 362. The first-order valence-electron chi connectivity index (χ1n) is 6.42. The molecule has 3 nitrogen and oxygen atoms in total. The molecule has 1 aliphatic rings. The molecule has 1 aromatic rings. The van der Waals surface area contributed by atoms with Crippen LogP contribution in [-0.2, 0) is 6.54 Å². The predicted molar refractivity (Wildman–Crippen MR) is 72.7 cm³/mol. The number of aromatic nitrogens is 1. The van der Waals surface area contributed by atoms with Crippen LogP contribution in [0.1, 0.15) is 31.9 Å². The van der Waals surface area contributed by atoms with Crippen LogP contribution in [0.25, 0.3) is 0 Å². The van der Waals surface area contributed by atoms with Gasteiger partial charge in [0.1, 0.15) is 5.82 Å². The summed E-state index contributed by atoms with van der Waals surface area (Å²) < 4.78 is 0. The van der Waals surface area contributed by atoms with Crippen molar-refractivity contribution in [2.24, 2.45) is 0 Å². The van der Waals surface area contributed by atoms with Gasteiger partial charge in [-0.1, -0.05) is 18.5 Å². The Balaban J connectivity index is 2.05. The highest BCUT2D eigenvalue weighted by Crippen LogP contribution is 2.22. The first-order chi connectivity index (χ1) is 8.31. The summed E-state index contributed by atoms with van der Waals surface area (Å²) in [6, 6.07) is 3.99. The molecule has 0 radical (unpaired) electrons. The molecule has 17 heavy (non-hydrogen) atoms. The summed E-state index contributed by atoms with van der Waals surface area (Å²) in [7, 11) is 0. The van der Waals surface area contributed by atoms with E-state index in [0.717, 1.165) is 49.1 Å². The number of rotatable bonds is 5. The maximum absolute atomic E-state index is 6.16. The fraction of sp³-hybridized carbons (Fsp3) is 0.615. The van der Waals surface area contributed by atoms with Gasteiger partial charge in [-0.05, 0) is 37.9 Å². The van der Waals surface area contributed by atoms with Gasteiger partial charge < -0.3 is 10.2 Å². The third kappa shape index (κ3) is 3.33. The van der Waals surface area contributed by atoms with E-state index >= 15 is 0 Å². The van der Waals surface area contributed by atoms with Crippen LogP contribution in [0, 0.1) is 0 Å². The van der Waals surface area contributed by atoms with E-state index in [2.05, 4.69) is 22.1 Å². The second kappa shape index (κ2) is 6.22.